The maximum atomic E-state index is 5.72. The number of aromatic nitrogens is 2. The molecule has 0 aliphatic carbocycles. The SMILES string of the molecule is CCn1ccnc1C(NN)C(OC)c1ccccc1. The molecule has 0 aliphatic rings. The molecule has 0 fully saturated rings. The lowest BCUT2D eigenvalue weighted by Crippen LogP contribution is -2.35. The Morgan fingerprint density at radius 1 is 1.37 bits per heavy atom. The highest BCUT2D eigenvalue weighted by molar-refractivity contribution is 5.21. The van der Waals surface area contributed by atoms with E-state index in [9.17, 15) is 0 Å². The standard InChI is InChI=1S/C14H20N4O/c1-3-18-10-9-16-14(18)12(17-15)13(19-2)11-7-5-4-6-8-11/h4-10,12-13,17H,3,15H2,1-2H3. The summed E-state index contributed by atoms with van der Waals surface area (Å²) in [6.07, 6.45) is 3.54. The molecule has 5 nitrogen and oxygen atoms in total. The summed E-state index contributed by atoms with van der Waals surface area (Å²) < 4.78 is 7.67. The molecular weight excluding hydrogens is 240 g/mol. The van der Waals surface area contributed by atoms with Crippen LogP contribution in [0.3, 0.4) is 0 Å². The van der Waals surface area contributed by atoms with Crippen LogP contribution >= 0.6 is 0 Å². The second-order valence-electron chi connectivity index (χ2n) is 4.28. The van der Waals surface area contributed by atoms with Crippen LogP contribution < -0.4 is 11.3 Å². The van der Waals surface area contributed by atoms with E-state index >= 15 is 0 Å². The Labute approximate surface area is 113 Å². The Morgan fingerprint density at radius 2 is 2.11 bits per heavy atom. The van der Waals surface area contributed by atoms with E-state index in [0.29, 0.717) is 0 Å². The molecule has 19 heavy (non-hydrogen) atoms. The molecule has 0 bridgehead atoms. The van der Waals surface area contributed by atoms with E-state index in [-0.39, 0.29) is 12.1 Å². The van der Waals surface area contributed by atoms with E-state index < -0.39 is 0 Å². The topological polar surface area (TPSA) is 65.1 Å². The lowest BCUT2D eigenvalue weighted by atomic mass is 10.0. The molecule has 3 N–H and O–H groups in total. The van der Waals surface area contributed by atoms with Crippen LogP contribution in [0.2, 0.25) is 0 Å². The fraction of sp³-hybridized carbons (Fsp3) is 0.357. The number of methoxy groups -OCH3 is 1. The van der Waals surface area contributed by atoms with Gasteiger partial charge in [-0.2, -0.15) is 0 Å². The Morgan fingerprint density at radius 3 is 2.68 bits per heavy atom. The van der Waals surface area contributed by atoms with Crippen LogP contribution in [-0.4, -0.2) is 16.7 Å². The highest BCUT2D eigenvalue weighted by Crippen LogP contribution is 2.30. The Bertz CT molecular complexity index is 497. The summed E-state index contributed by atoms with van der Waals surface area (Å²) in [7, 11) is 1.68. The minimum absolute atomic E-state index is 0.182. The molecular formula is C14H20N4O. The molecule has 102 valence electrons. The normalized spacial score (nSPS) is 14.3. The number of benzene rings is 1. The Hall–Kier alpha value is -1.69. The molecule has 0 saturated carbocycles. The minimum atomic E-state index is -0.192. The number of aryl methyl sites for hydroxylation is 1. The van der Waals surface area contributed by atoms with Gasteiger partial charge in [0.15, 0.2) is 0 Å². The zero-order valence-electron chi connectivity index (χ0n) is 11.3. The molecule has 1 aromatic heterocycles. The summed E-state index contributed by atoms with van der Waals surface area (Å²) >= 11 is 0. The van der Waals surface area contributed by atoms with Crippen molar-refractivity contribution in [1.29, 1.82) is 0 Å². The van der Waals surface area contributed by atoms with Gasteiger partial charge in [0.25, 0.3) is 0 Å². The quantitative estimate of drug-likeness (QED) is 0.614. The Balaban J connectivity index is 2.34. The van der Waals surface area contributed by atoms with Gasteiger partial charge in [0.2, 0.25) is 0 Å². The monoisotopic (exact) mass is 260 g/mol. The second-order valence-corrected chi connectivity index (χ2v) is 4.28. The van der Waals surface area contributed by atoms with Crippen LogP contribution in [0.4, 0.5) is 0 Å². The summed E-state index contributed by atoms with van der Waals surface area (Å²) in [4.78, 5) is 4.39. The predicted octanol–water partition coefficient (Wildman–Crippen LogP) is 1.80. The molecule has 2 aromatic rings. The van der Waals surface area contributed by atoms with Crippen molar-refractivity contribution in [2.75, 3.05) is 7.11 Å². The van der Waals surface area contributed by atoms with Crippen molar-refractivity contribution in [3.63, 3.8) is 0 Å². The van der Waals surface area contributed by atoms with Crippen molar-refractivity contribution in [1.82, 2.24) is 15.0 Å². The second kappa shape index (κ2) is 6.47. The lowest BCUT2D eigenvalue weighted by molar-refractivity contribution is 0.0636. The third-order valence-corrected chi connectivity index (χ3v) is 3.23. The fourth-order valence-electron chi connectivity index (χ4n) is 2.27. The summed E-state index contributed by atoms with van der Waals surface area (Å²) in [6.45, 7) is 2.92. The van der Waals surface area contributed by atoms with Gasteiger partial charge in [-0.25, -0.2) is 10.4 Å². The number of nitrogens with zero attached hydrogens (tertiary/aromatic N) is 2. The first-order chi connectivity index (χ1) is 9.31. The highest BCUT2D eigenvalue weighted by Gasteiger charge is 2.27. The first kappa shape index (κ1) is 13.7. The average Bonchev–Trinajstić information content (AvgIpc) is 2.93. The molecule has 2 rings (SSSR count). The Kier molecular flexibility index (Phi) is 4.68. The van der Waals surface area contributed by atoms with Gasteiger partial charge < -0.3 is 9.30 Å². The van der Waals surface area contributed by atoms with E-state index in [1.165, 1.54) is 0 Å². The van der Waals surface area contributed by atoms with Crippen LogP contribution in [0.1, 0.15) is 30.5 Å². The molecule has 0 aliphatic heterocycles. The number of nitrogens with one attached hydrogen (secondary N) is 1. The van der Waals surface area contributed by atoms with Crippen molar-refractivity contribution in [3.8, 4) is 0 Å². The van der Waals surface area contributed by atoms with Gasteiger partial charge in [0.1, 0.15) is 18.0 Å². The van der Waals surface area contributed by atoms with E-state index in [2.05, 4.69) is 21.9 Å². The zero-order valence-corrected chi connectivity index (χ0v) is 11.3. The maximum absolute atomic E-state index is 5.72. The minimum Gasteiger partial charge on any atom is -0.375 e. The number of ether oxygens (including phenoxy) is 1. The number of imidazole rings is 1. The molecule has 0 amide bonds. The summed E-state index contributed by atoms with van der Waals surface area (Å²) in [6, 6.07) is 9.81. The molecule has 0 radical (unpaired) electrons. The van der Waals surface area contributed by atoms with Gasteiger partial charge in [0.05, 0.1) is 0 Å². The van der Waals surface area contributed by atoms with Crippen molar-refractivity contribution in [3.05, 3.63) is 54.1 Å². The van der Waals surface area contributed by atoms with Crippen LogP contribution in [0.25, 0.3) is 0 Å². The molecule has 2 unspecified atom stereocenters. The number of hydrogen-bond donors (Lipinski definition) is 2. The molecule has 2 atom stereocenters. The maximum Gasteiger partial charge on any atom is 0.130 e. The van der Waals surface area contributed by atoms with Gasteiger partial charge in [-0.3, -0.25) is 5.84 Å². The molecule has 0 saturated heterocycles. The molecule has 1 heterocycles. The number of hydrazine groups is 1. The largest absolute Gasteiger partial charge is 0.375 e. The fourth-order valence-corrected chi connectivity index (χ4v) is 2.27. The highest BCUT2D eigenvalue weighted by atomic mass is 16.5. The van der Waals surface area contributed by atoms with Crippen molar-refractivity contribution >= 4 is 0 Å². The third-order valence-electron chi connectivity index (χ3n) is 3.23. The summed E-state index contributed by atoms with van der Waals surface area (Å²) in [5.74, 6) is 6.59. The third kappa shape index (κ3) is 2.84. The van der Waals surface area contributed by atoms with E-state index in [0.717, 1.165) is 17.9 Å². The van der Waals surface area contributed by atoms with Crippen LogP contribution in [0.5, 0.6) is 0 Å². The number of nitrogens with two attached hydrogens (primary N) is 1. The van der Waals surface area contributed by atoms with Gasteiger partial charge in [-0.15, -0.1) is 0 Å². The molecule has 5 heteroatoms. The van der Waals surface area contributed by atoms with Gasteiger partial charge in [-0.05, 0) is 12.5 Å². The smallest absolute Gasteiger partial charge is 0.130 e. The lowest BCUT2D eigenvalue weighted by Gasteiger charge is -2.25. The molecule has 1 aromatic carbocycles. The number of rotatable bonds is 6. The summed E-state index contributed by atoms with van der Waals surface area (Å²) in [5.41, 5.74) is 3.89. The average molecular weight is 260 g/mol. The van der Waals surface area contributed by atoms with Crippen molar-refractivity contribution in [2.24, 2.45) is 5.84 Å². The zero-order chi connectivity index (χ0) is 13.7. The first-order valence-electron chi connectivity index (χ1n) is 6.36. The first-order valence-corrected chi connectivity index (χ1v) is 6.36. The predicted molar refractivity (Wildman–Crippen MR) is 74.2 cm³/mol. The van der Waals surface area contributed by atoms with Gasteiger partial charge in [0, 0.05) is 26.0 Å². The number of hydrogen-bond acceptors (Lipinski definition) is 4. The summed E-state index contributed by atoms with van der Waals surface area (Å²) in [5, 5.41) is 0. The van der Waals surface area contributed by atoms with Crippen molar-refractivity contribution < 1.29 is 4.74 Å². The van der Waals surface area contributed by atoms with Crippen LogP contribution in [0, 0.1) is 0 Å². The van der Waals surface area contributed by atoms with Gasteiger partial charge >= 0.3 is 0 Å². The van der Waals surface area contributed by atoms with Gasteiger partial charge in [-0.1, -0.05) is 30.3 Å². The van der Waals surface area contributed by atoms with Crippen molar-refractivity contribution in [2.45, 2.75) is 25.6 Å². The van der Waals surface area contributed by atoms with E-state index in [1.807, 2.05) is 36.5 Å². The van der Waals surface area contributed by atoms with E-state index in [1.54, 1.807) is 13.3 Å². The van der Waals surface area contributed by atoms with Crippen LogP contribution in [-0.2, 0) is 11.3 Å². The van der Waals surface area contributed by atoms with E-state index in [4.69, 9.17) is 10.6 Å². The van der Waals surface area contributed by atoms with Crippen LogP contribution in [0.15, 0.2) is 42.7 Å². The molecule has 0 spiro atoms.